The third kappa shape index (κ3) is 4.21. The normalized spacial score (nSPS) is 11.7. The van der Waals surface area contributed by atoms with Gasteiger partial charge >= 0.3 is 0 Å². The molecule has 0 N–H and O–H groups in total. The van der Waals surface area contributed by atoms with Crippen molar-refractivity contribution < 1.29 is 17.6 Å². The summed E-state index contributed by atoms with van der Waals surface area (Å²) >= 11 is 0. The second-order valence-electron chi connectivity index (χ2n) is 5.35. The van der Waals surface area contributed by atoms with E-state index < -0.39 is 27.2 Å². The van der Waals surface area contributed by atoms with Gasteiger partial charge in [0, 0.05) is 30.9 Å². The first-order valence-electron chi connectivity index (χ1n) is 7.79. The van der Waals surface area contributed by atoms with Gasteiger partial charge in [-0.2, -0.15) is 4.31 Å². The van der Waals surface area contributed by atoms with E-state index in [0.717, 1.165) is 29.0 Å². The van der Waals surface area contributed by atoms with Crippen LogP contribution in [-0.4, -0.2) is 36.2 Å². The predicted molar refractivity (Wildman–Crippen MR) is 91.5 cm³/mol. The first-order chi connectivity index (χ1) is 11.8. The number of ketones is 1. The van der Waals surface area contributed by atoms with Crippen molar-refractivity contribution >= 4 is 15.8 Å². The quantitative estimate of drug-likeness (QED) is 0.702. The van der Waals surface area contributed by atoms with Crippen LogP contribution in [0.1, 0.15) is 24.2 Å². The van der Waals surface area contributed by atoms with E-state index in [2.05, 4.69) is 0 Å². The standard InChI is InChI=1S/C17H19FN2O4S/c1-3-20(4-2)25(23,24)15-9-10-17(22)19(11-15)12-16(21)13-5-7-14(18)8-6-13/h5-11H,3-4,12H2,1-2H3. The topological polar surface area (TPSA) is 76.5 Å². The molecule has 0 aliphatic heterocycles. The highest BCUT2D eigenvalue weighted by atomic mass is 32.2. The molecular weight excluding hydrogens is 347 g/mol. The number of Topliss-reactive ketones (excluding diaryl/α,β-unsaturated/α-hetero) is 1. The lowest BCUT2D eigenvalue weighted by Gasteiger charge is -2.19. The zero-order valence-electron chi connectivity index (χ0n) is 14.0. The number of pyridine rings is 1. The largest absolute Gasteiger partial charge is 0.306 e. The summed E-state index contributed by atoms with van der Waals surface area (Å²) in [4.78, 5) is 24.2. The van der Waals surface area contributed by atoms with Crippen LogP contribution in [0.4, 0.5) is 4.39 Å². The van der Waals surface area contributed by atoms with E-state index in [4.69, 9.17) is 0 Å². The van der Waals surface area contributed by atoms with Crippen LogP contribution in [0.3, 0.4) is 0 Å². The SMILES string of the molecule is CCN(CC)S(=O)(=O)c1ccc(=O)n(CC(=O)c2ccc(F)cc2)c1. The Labute approximate surface area is 145 Å². The zero-order valence-corrected chi connectivity index (χ0v) is 14.8. The highest BCUT2D eigenvalue weighted by molar-refractivity contribution is 7.89. The summed E-state index contributed by atoms with van der Waals surface area (Å²) in [6, 6.07) is 7.29. The summed E-state index contributed by atoms with van der Waals surface area (Å²) in [7, 11) is -3.73. The highest BCUT2D eigenvalue weighted by Crippen LogP contribution is 2.14. The summed E-state index contributed by atoms with van der Waals surface area (Å²) in [6.45, 7) is 3.70. The van der Waals surface area contributed by atoms with Gasteiger partial charge in [-0.1, -0.05) is 13.8 Å². The van der Waals surface area contributed by atoms with Gasteiger partial charge in [0.2, 0.25) is 10.0 Å². The summed E-state index contributed by atoms with van der Waals surface area (Å²) in [5.74, 6) is -0.888. The van der Waals surface area contributed by atoms with E-state index in [1.807, 2.05) is 0 Å². The summed E-state index contributed by atoms with van der Waals surface area (Å²) in [6.07, 6.45) is 1.16. The first kappa shape index (κ1) is 19.0. The van der Waals surface area contributed by atoms with Gasteiger partial charge in [-0.3, -0.25) is 9.59 Å². The monoisotopic (exact) mass is 366 g/mol. The third-order valence-corrected chi connectivity index (χ3v) is 5.81. The molecule has 0 fully saturated rings. The maximum atomic E-state index is 12.9. The molecule has 0 spiro atoms. The number of aromatic nitrogens is 1. The van der Waals surface area contributed by atoms with Crippen LogP contribution < -0.4 is 5.56 Å². The van der Waals surface area contributed by atoms with E-state index in [-0.39, 0.29) is 17.0 Å². The Kier molecular flexibility index (Phi) is 5.86. The predicted octanol–water partition coefficient (Wildman–Crippen LogP) is 1.90. The molecular formula is C17H19FN2O4S. The molecule has 1 aromatic carbocycles. The number of hydrogen-bond acceptors (Lipinski definition) is 4. The number of carbonyl (C=O) groups excluding carboxylic acids is 1. The van der Waals surface area contributed by atoms with Crippen molar-refractivity contribution in [1.29, 1.82) is 0 Å². The van der Waals surface area contributed by atoms with E-state index in [0.29, 0.717) is 13.1 Å². The van der Waals surface area contributed by atoms with Crippen molar-refractivity contribution in [1.82, 2.24) is 8.87 Å². The molecule has 0 radical (unpaired) electrons. The van der Waals surface area contributed by atoms with Crippen molar-refractivity contribution in [2.75, 3.05) is 13.1 Å². The Morgan fingerprint density at radius 2 is 1.68 bits per heavy atom. The fourth-order valence-corrected chi connectivity index (χ4v) is 3.86. The summed E-state index contributed by atoms with van der Waals surface area (Å²) < 4.78 is 40.3. The summed E-state index contributed by atoms with van der Waals surface area (Å²) in [5, 5.41) is 0. The van der Waals surface area contributed by atoms with Crippen LogP contribution in [0.15, 0.2) is 52.3 Å². The maximum absolute atomic E-state index is 12.9. The van der Waals surface area contributed by atoms with Gasteiger partial charge in [0.1, 0.15) is 5.82 Å². The van der Waals surface area contributed by atoms with Crippen molar-refractivity contribution in [2.45, 2.75) is 25.3 Å². The van der Waals surface area contributed by atoms with Crippen LogP contribution in [0.5, 0.6) is 0 Å². The number of nitrogens with zero attached hydrogens (tertiary/aromatic N) is 2. The molecule has 0 atom stereocenters. The number of benzene rings is 1. The molecule has 1 heterocycles. The second kappa shape index (κ2) is 7.71. The van der Waals surface area contributed by atoms with Crippen LogP contribution >= 0.6 is 0 Å². The van der Waals surface area contributed by atoms with Gasteiger partial charge in [-0.25, -0.2) is 12.8 Å². The van der Waals surface area contributed by atoms with Gasteiger partial charge in [-0.05, 0) is 30.3 Å². The maximum Gasteiger partial charge on any atom is 0.251 e. The Hall–Kier alpha value is -2.32. The fraction of sp³-hybridized carbons (Fsp3) is 0.294. The number of hydrogen-bond donors (Lipinski definition) is 0. The zero-order chi connectivity index (χ0) is 18.6. The molecule has 0 aliphatic carbocycles. The molecule has 0 bridgehead atoms. The number of sulfonamides is 1. The third-order valence-electron chi connectivity index (χ3n) is 3.78. The molecule has 2 aromatic rings. The molecule has 1 aromatic heterocycles. The Morgan fingerprint density at radius 3 is 2.24 bits per heavy atom. The number of halogens is 1. The lowest BCUT2D eigenvalue weighted by molar-refractivity contribution is 0.0970. The van der Waals surface area contributed by atoms with Crippen molar-refractivity contribution in [2.24, 2.45) is 0 Å². The Morgan fingerprint density at radius 1 is 1.08 bits per heavy atom. The van der Waals surface area contributed by atoms with Crippen LogP contribution in [-0.2, 0) is 16.6 Å². The van der Waals surface area contributed by atoms with Crippen molar-refractivity contribution in [3.05, 3.63) is 64.3 Å². The molecule has 0 aliphatic rings. The van der Waals surface area contributed by atoms with E-state index in [9.17, 15) is 22.4 Å². The average molecular weight is 366 g/mol. The van der Waals surface area contributed by atoms with Crippen LogP contribution in [0.2, 0.25) is 0 Å². The van der Waals surface area contributed by atoms with Crippen molar-refractivity contribution in [3.8, 4) is 0 Å². The van der Waals surface area contributed by atoms with Crippen LogP contribution in [0, 0.1) is 5.82 Å². The smallest absolute Gasteiger partial charge is 0.251 e. The number of carbonyl (C=O) groups is 1. The minimum atomic E-state index is -3.73. The van der Waals surface area contributed by atoms with E-state index in [1.165, 1.54) is 22.5 Å². The molecule has 6 nitrogen and oxygen atoms in total. The van der Waals surface area contributed by atoms with Crippen molar-refractivity contribution in [3.63, 3.8) is 0 Å². The lowest BCUT2D eigenvalue weighted by atomic mass is 10.1. The first-order valence-corrected chi connectivity index (χ1v) is 9.23. The van der Waals surface area contributed by atoms with Crippen LogP contribution in [0.25, 0.3) is 0 Å². The molecule has 0 amide bonds. The van der Waals surface area contributed by atoms with Gasteiger partial charge in [0.05, 0.1) is 11.4 Å². The molecule has 0 unspecified atom stereocenters. The van der Waals surface area contributed by atoms with Gasteiger partial charge in [0.15, 0.2) is 5.78 Å². The fourth-order valence-electron chi connectivity index (χ4n) is 2.38. The van der Waals surface area contributed by atoms with E-state index in [1.54, 1.807) is 13.8 Å². The minimum Gasteiger partial charge on any atom is -0.306 e. The minimum absolute atomic E-state index is 0.0530. The Balaban J connectivity index is 2.35. The molecule has 0 saturated carbocycles. The molecule has 2 rings (SSSR count). The second-order valence-corrected chi connectivity index (χ2v) is 7.29. The van der Waals surface area contributed by atoms with Gasteiger partial charge in [-0.15, -0.1) is 0 Å². The summed E-state index contributed by atoms with van der Waals surface area (Å²) in [5.41, 5.74) is -0.251. The van der Waals surface area contributed by atoms with E-state index >= 15 is 0 Å². The highest BCUT2D eigenvalue weighted by Gasteiger charge is 2.22. The van der Waals surface area contributed by atoms with Gasteiger partial charge < -0.3 is 4.57 Å². The van der Waals surface area contributed by atoms with Gasteiger partial charge in [0.25, 0.3) is 5.56 Å². The number of rotatable bonds is 7. The Bertz CT molecular complexity index is 916. The molecule has 25 heavy (non-hydrogen) atoms. The molecule has 134 valence electrons. The molecule has 8 heteroatoms. The lowest BCUT2D eigenvalue weighted by Crippen LogP contribution is -2.32. The average Bonchev–Trinajstić information content (AvgIpc) is 2.58. The molecule has 0 saturated heterocycles.